The third kappa shape index (κ3) is 2.43. The van der Waals surface area contributed by atoms with Gasteiger partial charge in [0.1, 0.15) is 16.6 Å². The molecule has 1 aromatic heterocycles. The van der Waals surface area contributed by atoms with Crippen molar-refractivity contribution in [3.63, 3.8) is 0 Å². The van der Waals surface area contributed by atoms with Crippen LogP contribution in [-0.2, 0) is 6.73 Å². The van der Waals surface area contributed by atoms with Crippen LogP contribution in [0.2, 0.25) is 5.02 Å². The van der Waals surface area contributed by atoms with Crippen molar-refractivity contribution >= 4 is 17.4 Å². The largest absolute Gasteiger partial charge is 0.471 e. The first-order valence-electron chi connectivity index (χ1n) is 4.52. The molecule has 0 spiro atoms. The van der Waals surface area contributed by atoms with Gasteiger partial charge in [-0.05, 0) is 24.3 Å². The Balaban J connectivity index is 1.99. The summed E-state index contributed by atoms with van der Waals surface area (Å²) in [5.41, 5.74) is 5.46. The van der Waals surface area contributed by atoms with Gasteiger partial charge in [-0.3, -0.25) is 0 Å². The number of anilines is 1. The van der Waals surface area contributed by atoms with Crippen LogP contribution in [0.15, 0.2) is 30.5 Å². The van der Waals surface area contributed by atoms with Gasteiger partial charge < -0.3 is 10.5 Å². The fraction of sp³-hybridized carbons (Fsp3) is 0.100. The highest BCUT2D eigenvalue weighted by Crippen LogP contribution is 2.16. The Morgan fingerprint density at radius 3 is 2.62 bits per heavy atom. The van der Waals surface area contributed by atoms with E-state index in [0.717, 1.165) is 0 Å². The van der Waals surface area contributed by atoms with E-state index in [2.05, 4.69) is 5.10 Å². The predicted octanol–water partition coefficient (Wildman–Crippen LogP) is 2.29. The van der Waals surface area contributed by atoms with Gasteiger partial charge >= 0.3 is 0 Å². The van der Waals surface area contributed by atoms with E-state index in [-0.39, 0.29) is 18.4 Å². The summed E-state index contributed by atoms with van der Waals surface area (Å²) in [7, 11) is 0. The van der Waals surface area contributed by atoms with Gasteiger partial charge in [-0.15, -0.1) is 0 Å². The summed E-state index contributed by atoms with van der Waals surface area (Å²) in [5, 5.41) is 4.28. The Kier molecular flexibility index (Phi) is 2.96. The molecule has 4 nitrogen and oxygen atoms in total. The lowest BCUT2D eigenvalue weighted by atomic mass is 10.3. The summed E-state index contributed by atoms with van der Waals surface area (Å²) in [5.74, 6) is 0.495. The molecular formula is C10H9ClFN3O. The highest BCUT2D eigenvalue weighted by molar-refractivity contribution is 6.32. The Morgan fingerprint density at radius 2 is 2.06 bits per heavy atom. The lowest BCUT2D eigenvalue weighted by Crippen LogP contribution is -2.06. The van der Waals surface area contributed by atoms with Crippen molar-refractivity contribution in [2.24, 2.45) is 0 Å². The number of nitrogens with zero attached hydrogens (tertiary/aromatic N) is 2. The molecule has 0 atom stereocenters. The first-order chi connectivity index (χ1) is 7.65. The molecule has 6 heteroatoms. The van der Waals surface area contributed by atoms with Crippen LogP contribution in [0.4, 0.5) is 10.2 Å². The van der Waals surface area contributed by atoms with Crippen molar-refractivity contribution in [2.45, 2.75) is 6.73 Å². The van der Waals surface area contributed by atoms with E-state index in [0.29, 0.717) is 10.8 Å². The quantitative estimate of drug-likeness (QED) is 0.897. The van der Waals surface area contributed by atoms with Gasteiger partial charge in [0.05, 0.1) is 0 Å². The molecule has 2 N–H and O–H groups in total. The predicted molar refractivity (Wildman–Crippen MR) is 58.7 cm³/mol. The Labute approximate surface area is 96.4 Å². The topological polar surface area (TPSA) is 53.1 Å². The molecule has 1 heterocycles. The molecule has 0 bridgehead atoms. The normalized spacial score (nSPS) is 10.4. The molecule has 0 aliphatic rings. The molecule has 0 aliphatic heterocycles. The summed E-state index contributed by atoms with van der Waals surface area (Å²) in [6.07, 6.45) is 1.56. The second-order valence-electron chi connectivity index (χ2n) is 3.13. The summed E-state index contributed by atoms with van der Waals surface area (Å²) in [6.45, 7) is 0.169. The van der Waals surface area contributed by atoms with Crippen molar-refractivity contribution < 1.29 is 9.13 Å². The first-order valence-corrected chi connectivity index (χ1v) is 4.90. The van der Waals surface area contributed by atoms with E-state index in [4.69, 9.17) is 22.1 Å². The van der Waals surface area contributed by atoms with Crippen molar-refractivity contribution in [1.29, 1.82) is 0 Å². The lowest BCUT2D eigenvalue weighted by Gasteiger charge is -2.05. The molecule has 0 saturated heterocycles. The summed E-state index contributed by atoms with van der Waals surface area (Å²) in [4.78, 5) is 0. The average molecular weight is 242 g/mol. The Bertz CT molecular complexity index is 464. The molecule has 0 saturated carbocycles. The van der Waals surface area contributed by atoms with Gasteiger partial charge in [0.25, 0.3) is 0 Å². The highest BCUT2D eigenvalue weighted by atomic mass is 35.5. The average Bonchev–Trinajstić information content (AvgIpc) is 2.58. The number of aromatic nitrogens is 2. The van der Waals surface area contributed by atoms with Gasteiger partial charge in [-0.2, -0.15) is 5.10 Å². The molecule has 84 valence electrons. The number of hydrogen-bond acceptors (Lipinski definition) is 3. The molecule has 2 rings (SSSR count). The van der Waals surface area contributed by atoms with E-state index in [9.17, 15) is 4.39 Å². The fourth-order valence-electron chi connectivity index (χ4n) is 1.15. The van der Waals surface area contributed by atoms with Gasteiger partial charge in [0.15, 0.2) is 12.5 Å². The van der Waals surface area contributed by atoms with E-state index in [1.807, 2.05) is 0 Å². The SMILES string of the molecule is Nc1nn(COc2ccc(F)cc2)cc1Cl. The molecule has 1 aromatic carbocycles. The number of halogens is 2. The van der Waals surface area contributed by atoms with Crippen LogP contribution in [0, 0.1) is 5.82 Å². The molecule has 0 amide bonds. The maximum Gasteiger partial charge on any atom is 0.181 e. The molecule has 0 unspecified atom stereocenters. The van der Waals surface area contributed by atoms with E-state index in [1.54, 1.807) is 6.20 Å². The maximum atomic E-state index is 12.6. The molecule has 2 aromatic rings. The zero-order chi connectivity index (χ0) is 11.5. The third-order valence-corrected chi connectivity index (χ3v) is 2.21. The number of ether oxygens (including phenoxy) is 1. The van der Waals surface area contributed by atoms with E-state index in [1.165, 1.54) is 28.9 Å². The monoisotopic (exact) mass is 241 g/mol. The zero-order valence-corrected chi connectivity index (χ0v) is 8.99. The van der Waals surface area contributed by atoms with Crippen molar-refractivity contribution in [2.75, 3.05) is 5.73 Å². The second-order valence-corrected chi connectivity index (χ2v) is 3.54. The summed E-state index contributed by atoms with van der Waals surface area (Å²) >= 11 is 5.72. The van der Waals surface area contributed by atoms with Crippen molar-refractivity contribution in [3.8, 4) is 5.75 Å². The van der Waals surface area contributed by atoms with Crippen LogP contribution in [0.5, 0.6) is 5.75 Å². The fourth-order valence-corrected chi connectivity index (χ4v) is 1.30. The minimum Gasteiger partial charge on any atom is -0.471 e. The number of rotatable bonds is 3. The summed E-state index contributed by atoms with van der Waals surface area (Å²) in [6, 6.07) is 5.70. The van der Waals surface area contributed by atoms with Gasteiger partial charge in [-0.1, -0.05) is 11.6 Å². The Morgan fingerprint density at radius 1 is 1.38 bits per heavy atom. The standard InChI is InChI=1S/C10H9ClFN3O/c11-9-5-15(14-10(9)13)6-16-8-3-1-7(12)2-4-8/h1-5H,6H2,(H2,13,14). The lowest BCUT2D eigenvalue weighted by molar-refractivity contribution is 0.221. The number of hydrogen-bond donors (Lipinski definition) is 1. The first kappa shape index (κ1) is 10.8. The van der Waals surface area contributed by atoms with Crippen LogP contribution in [0.3, 0.4) is 0 Å². The van der Waals surface area contributed by atoms with Crippen LogP contribution in [-0.4, -0.2) is 9.78 Å². The second kappa shape index (κ2) is 4.40. The van der Waals surface area contributed by atoms with Crippen LogP contribution in [0.1, 0.15) is 0 Å². The van der Waals surface area contributed by atoms with E-state index >= 15 is 0 Å². The van der Waals surface area contributed by atoms with Crippen molar-refractivity contribution in [1.82, 2.24) is 9.78 Å². The third-order valence-electron chi connectivity index (χ3n) is 1.92. The molecular weight excluding hydrogens is 233 g/mol. The molecule has 0 aliphatic carbocycles. The van der Waals surface area contributed by atoms with Gasteiger partial charge in [0, 0.05) is 6.20 Å². The number of nitrogens with two attached hydrogens (primary N) is 1. The van der Waals surface area contributed by atoms with Crippen LogP contribution >= 0.6 is 11.6 Å². The van der Waals surface area contributed by atoms with Crippen molar-refractivity contribution in [3.05, 3.63) is 41.3 Å². The minimum atomic E-state index is -0.307. The molecule has 0 radical (unpaired) electrons. The zero-order valence-electron chi connectivity index (χ0n) is 8.23. The summed E-state index contributed by atoms with van der Waals surface area (Å²) < 4.78 is 19.4. The van der Waals surface area contributed by atoms with Crippen LogP contribution < -0.4 is 10.5 Å². The number of nitrogen functional groups attached to an aromatic ring is 1. The molecule has 16 heavy (non-hydrogen) atoms. The number of benzene rings is 1. The minimum absolute atomic E-state index is 0.169. The smallest absolute Gasteiger partial charge is 0.181 e. The van der Waals surface area contributed by atoms with Crippen LogP contribution in [0.25, 0.3) is 0 Å². The maximum absolute atomic E-state index is 12.6. The highest BCUT2D eigenvalue weighted by Gasteiger charge is 2.02. The van der Waals surface area contributed by atoms with Gasteiger partial charge in [0.2, 0.25) is 0 Å². The Hall–Kier alpha value is -1.75. The van der Waals surface area contributed by atoms with Gasteiger partial charge in [-0.25, -0.2) is 9.07 Å². The molecule has 0 fully saturated rings. The van der Waals surface area contributed by atoms with E-state index < -0.39 is 0 Å².